The molecule has 8 nitrogen and oxygen atoms in total. The topological polar surface area (TPSA) is 90.0 Å². The first-order valence-corrected chi connectivity index (χ1v) is 12.3. The normalized spacial score (nSPS) is 31.7. The number of piperidine rings is 4. The molecule has 0 aromatic carbocycles. The minimum atomic E-state index is -3.20. The van der Waals surface area contributed by atoms with E-state index < -0.39 is 10.0 Å². The lowest BCUT2D eigenvalue weighted by Gasteiger charge is -2.53. The lowest BCUT2D eigenvalue weighted by Crippen LogP contribution is -2.62. The molecule has 158 valence electrons. The number of urea groups is 1. The van der Waals surface area contributed by atoms with Crippen molar-refractivity contribution in [2.45, 2.75) is 57.5 Å². The van der Waals surface area contributed by atoms with Gasteiger partial charge in [-0.25, -0.2) is 17.9 Å². The van der Waals surface area contributed by atoms with Crippen LogP contribution in [-0.2, 0) is 14.8 Å². The molecule has 28 heavy (non-hydrogen) atoms. The Morgan fingerprint density at radius 2 is 1.86 bits per heavy atom. The molecule has 4 rings (SSSR count). The number of nitrogens with zero attached hydrogens (tertiary/aromatic N) is 3. The van der Waals surface area contributed by atoms with Gasteiger partial charge in [-0.2, -0.15) is 0 Å². The maximum Gasteiger partial charge on any atom is 0.320 e. The molecular formula is C19H32N4O4S. The number of hydrogen-bond acceptors (Lipinski definition) is 4. The van der Waals surface area contributed by atoms with Gasteiger partial charge in [-0.15, -0.1) is 0 Å². The first-order valence-electron chi connectivity index (χ1n) is 10.7. The third-order valence-electron chi connectivity index (χ3n) is 6.94. The zero-order valence-corrected chi connectivity index (χ0v) is 17.5. The van der Waals surface area contributed by atoms with Crippen LogP contribution in [0.5, 0.6) is 0 Å². The van der Waals surface area contributed by atoms with Gasteiger partial charge in [0.1, 0.15) is 0 Å². The van der Waals surface area contributed by atoms with E-state index in [1.54, 1.807) is 6.92 Å². The van der Waals surface area contributed by atoms with Gasteiger partial charge in [0, 0.05) is 51.2 Å². The second-order valence-electron chi connectivity index (χ2n) is 8.84. The van der Waals surface area contributed by atoms with Crippen molar-refractivity contribution in [1.29, 1.82) is 0 Å². The predicted molar refractivity (Wildman–Crippen MR) is 105 cm³/mol. The van der Waals surface area contributed by atoms with Gasteiger partial charge in [-0.05, 0) is 50.9 Å². The second kappa shape index (κ2) is 7.82. The summed E-state index contributed by atoms with van der Waals surface area (Å²) in [6, 6.07) is 0.320. The summed E-state index contributed by atoms with van der Waals surface area (Å²) in [7, 11) is -3.20. The van der Waals surface area contributed by atoms with Crippen LogP contribution in [0.4, 0.5) is 4.79 Å². The molecule has 3 atom stereocenters. The van der Waals surface area contributed by atoms with E-state index in [0.29, 0.717) is 56.1 Å². The molecule has 0 unspecified atom stereocenters. The first kappa shape index (κ1) is 19.9. The van der Waals surface area contributed by atoms with Crippen LogP contribution in [-0.4, -0.2) is 85.6 Å². The van der Waals surface area contributed by atoms with Crippen molar-refractivity contribution in [2.75, 3.05) is 38.5 Å². The number of rotatable bonds is 3. The summed E-state index contributed by atoms with van der Waals surface area (Å²) < 4.78 is 26.2. The Morgan fingerprint density at radius 1 is 1.11 bits per heavy atom. The Labute approximate surface area is 167 Å². The van der Waals surface area contributed by atoms with E-state index >= 15 is 0 Å². The van der Waals surface area contributed by atoms with Crippen molar-refractivity contribution in [3.63, 3.8) is 0 Å². The fourth-order valence-electron chi connectivity index (χ4n) is 5.49. The van der Waals surface area contributed by atoms with Gasteiger partial charge in [0.05, 0.1) is 5.75 Å². The Morgan fingerprint density at radius 3 is 2.57 bits per heavy atom. The largest absolute Gasteiger partial charge is 0.339 e. The highest BCUT2D eigenvalue weighted by Crippen LogP contribution is 2.38. The maximum absolute atomic E-state index is 13.1. The minimum absolute atomic E-state index is 0.0726. The van der Waals surface area contributed by atoms with Crippen molar-refractivity contribution in [1.82, 2.24) is 19.4 Å². The predicted octanol–water partition coefficient (Wildman–Crippen LogP) is 0.843. The van der Waals surface area contributed by atoms with E-state index in [-0.39, 0.29) is 17.8 Å². The fraction of sp³-hybridized carbons (Fsp3) is 0.895. The smallest absolute Gasteiger partial charge is 0.320 e. The van der Waals surface area contributed by atoms with Crippen molar-refractivity contribution in [3.8, 4) is 0 Å². The molecule has 0 aliphatic carbocycles. The molecule has 4 saturated heterocycles. The molecule has 1 N–H and O–H groups in total. The van der Waals surface area contributed by atoms with E-state index in [1.165, 1.54) is 0 Å². The molecule has 0 radical (unpaired) electrons. The summed E-state index contributed by atoms with van der Waals surface area (Å²) in [5.74, 6) is 1.16. The molecule has 9 heteroatoms. The summed E-state index contributed by atoms with van der Waals surface area (Å²) >= 11 is 0. The highest BCUT2D eigenvalue weighted by molar-refractivity contribution is 7.89. The SMILES string of the molecule is CCS(=O)(=O)NC1CCN(C(=O)N2C[C@H]3C[C@H](C2)[C@H]2CCCC(=O)N2C3)CC1. The number of carbonyl (C=O) groups is 2. The zero-order valence-electron chi connectivity index (χ0n) is 16.7. The van der Waals surface area contributed by atoms with E-state index in [2.05, 4.69) is 9.62 Å². The van der Waals surface area contributed by atoms with Gasteiger partial charge in [0.2, 0.25) is 15.9 Å². The lowest BCUT2D eigenvalue weighted by molar-refractivity contribution is -0.144. The number of hydrogen-bond donors (Lipinski definition) is 1. The second-order valence-corrected chi connectivity index (χ2v) is 10.9. The standard InChI is InChI=1S/C19H32N4O4S/c1-2-28(26,27)20-16-6-8-21(9-7-16)19(25)22-11-14-10-15(13-22)17-4-3-5-18(24)23(17)12-14/h14-17,20H,2-13H2,1H3/t14-,15-,17-/m1/s1. The van der Waals surface area contributed by atoms with Crippen molar-refractivity contribution >= 4 is 22.0 Å². The molecule has 4 aliphatic heterocycles. The number of nitrogens with one attached hydrogen (secondary N) is 1. The summed E-state index contributed by atoms with van der Waals surface area (Å²) in [6.07, 6.45) is 5.16. The van der Waals surface area contributed by atoms with E-state index in [9.17, 15) is 18.0 Å². The van der Waals surface area contributed by atoms with Crippen molar-refractivity contribution in [3.05, 3.63) is 0 Å². The molecule has 0 spiro atoms. The monoisotopic (exact) mass is 412 g/mol. The molecule has 4 heterocycles. The van der Waals surface area contributed by atoms with E-state index in [4.69, 9.17) is 0 Å². The van der Waals surface area contributed by atoms with Crippen molar-refractivity contribution in [2.24, 2.45) is 11.8 Å². The number of fused-ring (bicyclic) bond motifs is 4. The zero-order chi connectivity index (χ0) is 19.9. The average molecular weight is 413 g/mol. The minimum Gasteiger partial charge on any atom is -0.339 e. The Hall–Kier alpha value is -1.35. The Balaban J connectivity index is 1.33. The van der Waals surface area contributed by atoms with Gasteiger partial charge in [0.15, 0.2) is 0 Å². The van der Waals surface area contributed by atoms with Crippen LogP contribution >= 0.6 is 0 Å². The third kappa shape index (κ3) is 4.01. The average Bonchev–Trinajstić information content (AvgIpc) is 2.68. The van der Waals surface area contributed by atoms with Crippen LogP contribution < -0.4 is 4.72 Å². The number of likely N-dealkylation sites (tertiary alicyclic amines) is 2. The van der Waals surface area contributed by atoms with Crippen LogP contribution in [0.15, 0.2) is 0 Å². The third-order valence-corrected chi connectivity index (χ3v) is 8.39. The van der Waals surface area contributed by atoms with Crippen LogP contribution in [0.25, 0.3) is 0 Å². The number of carbonyl (C=O) groups excluding carboxylic acids is 2. The molecule has 3 amide bonds. The van der Waals surface area contributed by atoms with Gasteiger partial charge in [-0.1, -0.05) is 0 Å². The van der Waals surface area contributed by atoms with E-state index in [0.717, 1.165) is 38.9 Å². The molecule has 0 aromatic heterocycles. The highest BCUT2D eigenvalue weighted by Gasteiger charge is 2.45. The summed E-state index contributed by atoms with van der Waals surface area (Å²) in [4.78, 5) is 31.3. The Bertz CT molecular complexity index is 719. The fourth-order valence-corrected chi connectivity index (χ4v) is 6.40. The van der Waals surface area contributed by atoms with Crippen LogP contribution in [0, 0.1) is 11.8 Å². The lowest BCUT2D eigenvalue weighted by atomic mass is 9.76. The molecule has 0 aromatic rings. The molecule has 0 saturated carbocycles. The molecule has 2 bridgehead atoms. The van der Waals surface area contributed by atoms with Gasteiger partial charge < -0.3 is 14.7 Å². The van der Waals surface area contributed by atoms with Crippen LogP contribution in [0.3, 0.4) is 0 Å². The Kier molecular flexibility index (Phi) is 5.57. The highest BCUT2D eigenvalue weighted by atomic mass is 32.2. The number of amides is 3. The molecular weight excluding hydrogens is 380 g/mol. The van der Waals surface area contributed by atoms with Gasteiger partial charge >= 0.3 is 6.03 Å². The summed E-state index contributed by atoms with van der Waals surface area (Å²) in [5, 5.41) is 0. The molecule has 4 fully saturated rings. The van der Waals surface area contributed by atoms with E-state index in [1.807, 2.05) is 9.80 Å². The van der Waals surface area contributed by atoms with Gasteiger partial charge in [0.25, 0.3) is 0 Å². The van der Waals surface area contributed by atoms with Gasteiger partial charge in [-0.3, -0.25) is 4.79 Å². The quantitative estimate of drug-likeness (QED) is 0.744. The summed E-state index contributed by atoms with van der Waals surface area (Å²) in [5.41, 5.74) is 0. The van der Waals surface area contributed by atoms with Crippen molar-refractivity contribution < 1.29 is 18.0 Å². The summed E-state index contributed by atoms with van der Waals surface area (Å²) in [6.45, 7) is 5.09. The first-order chi connectivity index (χ1) is 13.4. The number of sulfonamides is 1. The van der Waals surface area contributed by atoms with Crippen LogP contribution in [0.2, 0.25) is 0 Å². The van der Waals surface area contributed by atoms with Crippen LogP contribution in [0.1, 0.15) is 45.4 Å². The maximum atomic E-state index is 13.1. The molecule has 4 aliphatic rings.